The second-order valence-electron chi connectivity index (χ2n) is 10.5. The molecule has 6 nitrogen and oxygen atoms in total. The molecule has 3 aromatic rings. The van der Waals surface area contributed by atoms with Crippen LogP contribution in [-0.2, 0) is 18.3 Å². The van der Waals surface area contributed by atoms with Gasteiger partial charge in [0, 0.05) is 25.7 Å². The average Bonchev–Trinajstić information content (AvgIpc) is 3.17. The van der Waals surface area contributed by atoms with E-state index < -0.39 is 0 Å². The zero-order valence-corrected chi connectivity index (χ0v) is 21.3. The Hall–Kier alpha value is -3.02. The summed E-state index contributed by atoms with van der Waals surface area (Å²) in [6.45, 7) is 7.81. The normalized spacial score (nSPS) is 18.6. The smallest absolute Gasteiger partial charge is 0.337 e. The fourth-order valence-corrected chi connectivity index (χ4v) is 5.23. The molecule has 6 heteroatoms. The van der Waals surface area contributed by atoms with Crippen molar-refractivity contribution in [2.24, 2.45) is 18.4 Å². The molecule has 0 bridgehead atoms. The summed E-state index contributed by atoms with van der Waals surface area (Å²) >= 11 is 0. The van der Waals surface area contributed by atoms with E-state index in [0.29, 0.717) is 17.0 Å². The van der Waals surface area contributed by atoms with Crippen LogP contribution in [0, 0.1) is 11.3 Å². The van der Waals surface area contributed by atoms with Gasteiger partial charge in [-0.25, -0.2) is 9.78 Å². The number of imidazole rings is 1. The SMILES string of the molecule is COC(=O)c1ccc(CN(c2nc3cc(OC)ccc3n2C)C2CCC(C(C)(C)C)CC2)cc1. The van der Waals surface area contributed by atoms with E-state index in [2.05, 4.69) is 43.4 Å². The molecule has 0 amide bonds. The standard InChI is InChI=1S/C28H37N3O3/c1-28(2,3)21-11-13-22(14-12-21)31(18-19-7-9-20(10-8-19)26(32)34-6)27-29-24-17-23(33-5)15-16-25(24)30(27)4/h7-10,15-17,21-22H,11-14,18H2,1-6H3. The Morgan fingerprint density at radius 3 is 2.32 bits per heavy atom. The van der Waals surface area contributed by atoms with Gasteiger partial charge in [0.25, 0.3) is 0 Å². The number of carbonyl (C=O) groups is 1. The lowest BCUT2D eigenvalue weighted by atomic mass is 9.71. The molecule has 0 atom stereocenters. The van der Waals surface area contributed by atoms with Crippen LogP contribution in [0.2, 0.25) is 0 Å². The molecule has 34 heavy (non-hydrogen) atoms. The zero-order valence-electron chi connectivity index (χ0n) is 21.3. The van der Waals surface area contributed by atoms with Gasteiger partial charge in [-0.15, -0.1) is 0 Å². The molecule has 1 heterocycles. The molecule has 0 N–H and O–H groups in total. The molecule has 0 radical (unpaired) electrons. The number of esters is 1. The van der Waals surface area contributed by atoms with Crippen LogP contribution in [0.25, 0.3) is 11.0 Å². The van der Waals surface area contributed by atoms with Gasteiger partial charge in [-0.3, -0.25) is 0 Å². The van der Waals surface area contributed by atoms with E-state index in [1.165, 1.54) is 20.0 Å². The average molecular weight is 464 g/mol. The molecule has 0 aliphatic heterocycles. The van der Waals surface area contributed by atoms with Crippen molar-refractivity contribution in [2.45, 2.75) is 59.0 Å². The van der Waals surface area contributed by atoms with Gasteiger partial charge in [-0.1, -0.05) is 32.9 Å². The van der Waals surface area contributed by atoms with Crippen LogP contribution >= 0.6 is 0 Å². The van der Waals surface area contributed by atoms with Gasteiger partial charge in [0.05, 0.1) is 30.8 Å². The monoisotopic (exact) mass is 463 g/mol. The lowest BCUT2D eigenvalue weighted by molar-refractivity contribution is 0.0600. The summed E-state index contributed by atoms with van der Waals surface area (Å²) < 4.78 is 12.5. The highest BCUT2D eigenvalue weighted by Crippen LogP contribution is 2.40. The van der Waals surface area contributed by atoms with Crippen LogP contribution in [0.5, 0.6) is 5.75 Å². The fourth-order valence-electron chi connectivity index (χ4n) is 5.23. The van der Waals surface area contributed by atoms with Crippen molar-refractivity contribution in [2.75, 3.05) is 19.1 Å². The Kier molecular flexibility index (Phi) is 6.87. The van der Waals surface area contributed by atoms with Crippen molar-refractivity contribution < 1.29 is 14.3 Å². The molecule has 0 saturated heterocycles. The maximum absolute atomic E-state index is 11.9. The number of anilines is 1. The first-order chi connectivity index (χ1) is 16.2. The van der Waals surface area contributed by atoms with E-state index >= 15 is 0 Å². The number of hydrogen-bond donors (Lipinski definition) is 0. The quantitative estimate of drug-likeness (QED) is 0.421. The first-order valence-corrected chi connectivity index (χ1v) is 12.2. The highest BCUT2D eigenvalue weighted by molar-refractivity contribution is 5.89. The maximum atomic E-state index is 11.9. The van der Waals surface area contributed by atoms with E-state index in [0.717, 1.165) is 53.6 Å². The van der Waals surface area contributed by atoms with Gasteiger partial charge in [-0.05, 0) is 66.8 Å². The summed E-state index contributed by atoms with van der Waals surface area (Å²) in [5, 5.41) is 0. The molecular weight excluding hydrogens is 426 g/mol. The topological polar surface area (TPSA) is 56.6 Å². The van der Waals surface area contributed by atoms with Crippen LogP contribution in [0.1, 0.15) is 62.4 Å². The summed E-state index contributed by atoms with van der Waals surface area (Å²) in [7, 11) is 5.18. The molecular formula is C28H37N3O3. The van der Waals surface area contributed by atoms with Crippen molar-refractivity contribution in [3.8, 4) is 5.75 Å². The van der Waals surface area contributed by atoms with E-state index in [1.807, 2.05) is 36.4 Å². The van der Waals surface area contributed by atoms with E-state index in [-0.39, 0.29) is 5.97 Å². The summed E-state index contributed by atoms with van der Waals surface area (Å²) in [5.74, 6) is 2.22. The summed E-state index contributed by atoms with van der Waals surface area (Å²) in [5.41, 5.74) is 4.08. The minimum absolute atomic E-state index is 0.312. The zero-order chi connectivity index (χ0) is 24.5. The second kappa shape index (κ2) is 9.69. The van der Waals surface area contributed by atoms with Crippen LogP contribution in [-0.4, -0.2) is 35.8 Å². The van der Waals surface area contributed by atoms with Crippen molar-refractivity contribution in [3.05, 3.63) is 53.6 Å². The van der Waals surface area contributed by atoms with Crippen molar-refractivity contribution in [1.82, 2.24) is 9.55 Å². The van der Waals surface area contributed by atoms with Crippen molar-refractivity contribution in [1.29, 1.82) is 0 Å². The predicted molar refractivity (Wildman–Crippen MR) is 136 cm³/mol. The number of ether oxygens (including phenoxy) is 2. The lowest BCUT2D eigenvalue weighted by Gasteiger charge is -2.41. The number of fused-ring (bicyclic) bond motifs is 1. The Bertz CT molecular complexity index is 1140. The number of carbonyl (C=O) groups excluding carboxylic acids is 1. The van der Waals surface area contributed by atoms with Gasteiger partial charge in [0.2, 0.25) is 5.95 Å². The van der Waals surface area contributed by atoms with Crippen molar-refractivity contribution in [3.63, 3.8) is 0 Å². The molecule has 1 aromatic heterocycles. The third-order valence-corrected chi connectivity index (χ3v) is 7.41. The van der Waals surface area contributed by atoms with Crippen LogP contribution < -0.4 is 9.64 Å². The lowest BCUT2D eigenvalue weighted by Crippen LogP contribution is -2.41. The Morgan fingerprint density at radius 1 is 1.06 bits per heavy atom. The van der Waals surface area contributed by atoms with E-state index in [1.54, 1.807) is 7.11 Å². The van der Waals surface area contributed by atoms with E-state index in [9.17, 15) is 4.79 Å². The van der Waals surface area contributed by atoms with Gasteiger partial charge in [0.1, 0.15) is 5.75 Å². The summed E-state index contributed by atoms with van der Waals surface area (Å²) in [4.78, 5) is 19.4. The molecule has 1 aliphatic rings. The number of benzene rings is 2. The first-order valence-electron chi connectivity index (χ1n) is 12.2. The largest absolute Gasteiger partial charge is 0.497 e. The Labute approximate surface area is 202 Å². The number of hydrogen-bond acceptors (Lipinski definition) is 5. The molecule has 1 fully saturated rings. The van der Waals surface area contributed by atoms with Gasteiger partial charge < -0.3 is 18.9 Å². The van der Waals surface area contributed by atoms with Crippen LogP contribution in [0.3, 0.4) is 0 Å². The first kappa shape index (κ1) is 24.1. The predicted octanol–water partition coefficient (Wildman–Crippen LogP) is 5.98. The van der Waals surface area contributed by atoms with Crippen molar-refractivity contribution >= 4 is 23.0 Å². The fraction of sp³-hybridized carbons (Fsp3) is 0.500. The molecule has 182 valence electrons. The number of aryl methyl sites for hydroxylation is 1. The number of rotatable bonds is 6. The summed E-state index contributed by atoms with van der Waals surface area (Å²) in [6, 6.07) is 14.2. The third-order valence-electron chi connectivity index (χ3n) is 7.41. The van der Waals surface area contributed by atoms with Gasteiger partial charge in [-0.2, -0.15) is 0 Å². The van der Waals surface area contributed by atoms with Gasteiger partial charge >= 0.3 is 5.97 Å². The molecule has 1 aliphatic carbocycles. The number of methoxy groups -OCH3 is 2. The van der Waals surface area contributed by atoms with E-state index in [4.69, 9.17) is 14.5 Å². The maximum Gasteiger partial charge on any atom is 0.337 e. The molecule has 2 aromatic carbocycles. The Balaban J connectivity index is 1.67. The second-order valence-corrected chi connectivity index (χ2v) is 10.5. The molecule has 0 unspecified atom stereocenters. The Morgan fingerprint density at radius 2 is 1.74 bits per heavy atom. The minimum atomic E-state index is -0.312. The highest BCUT2D eigenvalue weighted by Gasteiger charge is 2.33. The molecule has 0 spiro atoms. The van der Waals surface area contributed by atoms with Gasteiger partial charge in [0.15, 0.2) is 0 Å². The van der Waals surface area contributed by atoms with Crippen LogP contribution in [0.4, 0.5) is 5.95 Å². The van der Waals surface area contributed by atoms with Crippen LogP contribution in [0.15, 0.2) is 42.5 Å². The number of aromatic nitrogens is 2. The molecule has 1 saturated carbocycles. The minimum Gasteiger partial charge on any atom is -0.497 e. The number of nitrogens with zero attached hydrogens (tertiary/aromatic N) is 3. The molecule has 4 rings (SSSR count). The highest BCUT2D eigenvalue weighted by atomic mass is 16.5. The summed E-state index contributed by atoms with van der Waals surface area (Å²) in [6.07, 6.45) is 4.75. The third kappa shape index (κ3) is 4.91.